The van der Waals surface area contributed by atoms with Gasteiger partial charge >= 0.3 is 47.6 Å². The smallest absolute Gasteiger partial charge is 0.417 e. The van der Waals surface area contributed by atoms with Gasteiger partial charge in [-0.05, 0) is 13.8 Å². The van der Waals surface area contributed by atoms with Crippen molar-refractivity contribution >= 4 is 47.6 Å². The van der Waals surface area contributed by atoms with Crippen LogP contribution in [0.4, 0.5) is 0 Å². The van der Waals surface area contributed by atoms with E-state index in [-0.39, 0.29) is 52.4 Å². The Kier molecular flexibility index (Phi) is 17.8. The minimum atomic E-state index is -1.30. The van der Waals surface area contributed by atoms with Crippen LogP contribution in [0.1, 0.15) is 26.7 Å². The van der Waals surface area contributed by atoms with Gasteiger partial charge in [-0.2, -0.15) is 0 Å². The number of rotatable bonds is 16. The fraction of sp³-hybridized carbons (Fsp3) is 0.500. The predicted octanol–water partition coefficient (Wildman–Crippen LogP) is -1.59. The van der Waals surface area contributed by atoms with E-state index in [1.54, 1.807) is 0 Å². The van der Waals surface area contributed by atoms with Gasteiger partial charge in [-0.1, -0.05) is 13.2 Å². The third-order valence-electron chi connectivity index (χ3n) is 4.28. The van der Waals surface area contributed by atoms with Crippen molar-refractivity contribution in [1.82, 2.24) is 10.6 Å². The molecule has 0 radical (unpaired) electrons. The zero-order valence-electron chi connectivity index (χ0n) is 22.1. The molecular weight excluding hydrogens is 540 g/mol. The van der Waals surface area contributed by atoms with Gasteiger partial charge in [0.15, 0.2) is 0 Å². The molecule has 0 saturated carbocycles. The van der Waals surface area contributed by atoms with Crippen LogP contribution in [0.15, 0.2) is 25.3 Å². The molecule has 40 heavy (non-hydrogen) atoms. The maximum atomic E-state index is 11.9. The van der Waals surface area contributed by atoms with Gasteiger partial charge in [0.2, 0.25) is 0 Å². The summed E-state index contributed by atoms with van der Waals surface area (Å²) >= 11 is 0. The molecule has 0 aromatic rings. The van der Waals surface area contributed by atoms with Crippen LogP contribution in [0.3, 0.4) is 0 Å². The lowest BCUT2D eigenvalue weighted by Crippen LogP contribution is -2.42. The van der Waals surface area contributed by atoms with Crippen LogP contribution in [0, 0.1) is 0 Å². The third-order valence-corrected chi connectivity index (χ3v) is 4.28. The molecule has 0 spiro atoms. The van der Waals surface area contributed by atoms with Crippen LogP contribution in [0.2, 0.25) is 0 Å². The Bertz CT molecular complexity index is 885. The minimum absolute atomic E-state index is 0.0642. The van der Waals surface area contributed by atoms with E-state index >= 15 is 0 Å². The third kappa shape index (κ3) is 16.9. The lowest BCUT2D eigenvalue weighted by molar-refractivity contribution is -0.171. The first kappa shape index (κ1) is 35.2. The molecule has 2 N–H and O–H groups in total. The van der Waals surface area contributed by atoms with E-state index in [2.05, 4.69) is 42.7 Å². The van der Waals surface area contributed by atoms with Crippen LogP contribution in [0.5, 0.6) is 0 Å². The quantitative estimate of drug-likeness (QED) is 0.0701. The summed E-state index contributed by atoms with van der Waals surface area (Å²) in [6.45, 7) is 7.83. The molecule has 0 rings (SSSR count). The van der Waals surface area contributed by atoms with E-state index in [1.807, 2.05) is 0 Å². The summed E-state index contributed by atoms with van der Waals surface area (Å²) in [5, 5.41) is 4.59. The molecule has 16 heteroatoms. The SMILES string of the molecule is C=CC(=O)OCCOC(=O)C(=O)OC(C)CCNC(=O)C(=O)NCCC(C)OC(=O)C(=O)OCCOC(=O)C=C. The summed E-state index contributed by atoms with van der Waals surface area (Å²) in [6.07, 6.45) is 0.337. The van der Waals surface area contributed by atoms with Crippen molar-refractivity contribution < 1.29 is 66.8 Å². The topological polar surface area (TPSA) is 216 Å². The highest BCUT2D eigenvalue weighted by molar-refractivity contribution is 6.35. The summed E-state index contributed by atoms with van der Waals surface area (Å²) in [6, 6.07) is 0. The highest BCUT2D eigenvalue weighted by atomic mass is 16.6. The minimum Gasteiger partial charge on any atom is -0.459 e. The molecule has 2 amide bonds. The maximum Gasteiger partial charge on any atom is 0.417 e. The molecule has 2 unspecified atom stereocenters. The van der Waals surface area contributed by atoms with Gasteiger partial charge in [-0.15, -0.1) is 0 Å². The van der Waals surface area contributed by atoms with Gasteiger partial charge in [-0.3, -0.25) is 9.59 Å². The van der Waals surface area contributed by atoms with Gasteiger partial charge in [-0.25, -0.2) is 28.8 Å². The van der Waals surface area contributed by atoms with Crippen molar-refractivity contribution in [3.05, 3.63) is 25.3 Å². The normalized spacial score (nSPS) is 11.3. The Balaban J connectivity index is 4.09. The highest BCUT2D eigenvalue weighted by Gasteiger charge is 2.22. The van der Waals surface area contributed by atoms with Gasteiger partial charge in [0, 0.05) is 38.1 Å². The van der Waals surface area contributed by atoms with E-state index < -0.39 is 59.8 Å². The summed E-state index contributed by atoms with van der Waals surface area (Å²) in [7, 11) is 0. The fourth-order valence-electron chi connectivity index (χ4n) is 2.31. The molecule has 2 atom stereocenters. The standard InChI is InChI=1S/C24H32N2O14/c1-5-17(27)35-11-13-37-21(31)23(33)39-15(3)7-9-25-19(29)20(30)26-10-8-16(4)40-24(34)22(32)38-14-12-36-18(28)6-2/h5-6,15-16H,1-2,7-14H2,3-4H3,(H,25,29)(H,26,30). The number of carbonyl (C=O) groups excluding carboxylic acids is 8. The summed E-state index contributed by atoms with van der Waals surface area (Å²) < 4.78 is 28.0. The number of hydrogen-bond donors (Lipinski definition) is 2. The Labute approximate surface area is 229 Å². The molecule has 0 bridgehead atoms. The molecule has 0 saturated heterocycles. The van der Waals surface area contributed by atoms with E-state index in [4.69, 9.17) is 9.47 Å². The number of ether oxygens (including phenoxy) is 6. The van der Waals surface area contributed by atoms with E-state index in [0.717, 1.165) is 12.2 Å². The predicted molar refractivity (Wildman–Crippen MR) is 131 cm³/mol. The molecule has 0 aromatic heterocycles. The summed E-state index contributed by atoms with van der Waals surface area (Å²) in [4.78, 5) is 91.8. The maximum absolute atomic E-state index is 11.9. The molecule has 0 aliphatic heterocycles. The average molecular weight is 573 g/mol. The van der Waals surface area contributed by atoms with Crippen molar-refractivity contribution in [3.8, 4) is 0 Å². The largest absolute Gasteiger partial charge is 0.459 e. The van der Waals surface area contributed by atoms with Crippen LogP contribution in [-0.4, -0.2) is 99.4 Å². The van der Waals surface area contributed by atoms with E-state index in [0.29, 0.717) is 0 Å². The number of carbonyl (C=O) groups is 8. The molecule has 0 fully saturated rings. The van der Waals surface area contributed by atoms with Crippen molar-refractivity contribution in [2.75, 3.05) is 39.5 Å². The number of esters is 6. The van der Waals surface area contributed by atoms with Gasteiger partial charge in [0.05, 0.1) is 0 Å². The lowest BCUT2D eigenvalue weighted by Gasteiger charge is -2.14. The van der Waals surface area contributed by atoms with Crippen LogP contribution in [0.25, 0.3) is 0 Å². The van der Waals surface area contributed by atoms with Gasteiger partial charge < -0.3 is 39.1 Å². The Hall–Kier alpha value is -4.76. The summed E-state index contributed by atoms with van der Waals surface area (Å²) in [5.74, 6) is -8.59. The molecule has 222 valence electrons. The molecule has 0 aliphatic carbocycles. The molecule has 0 aromatic carbocycles. The zero-order valence-corrected chi connectivity index (χ0v) is 22.1. The monoisotopic (exact) mass is 572 g/mol. The second kappa shape index (κ2) is 20.2. The second-order valence-corrected chi connectivity index (χ2v) is 7.54. The van der Waals surface area contributed by atoms with Gasteiger partial charge in [0.25, 0.3) is 0 Å². The van der Waals surface area contributed by atoms with E-state index in [1.165, 1.54) is 13.8 Å². The highest BCUT2D eigenvalue weighted by Crippen LogP contribution is 2.00. The van der Waals surface area contributed by atoms with Crippen LogP contribution >= 0.6 is 0 Å². The van der Waals surface area contributed by atoms with Crippen molar-refractivity contribution in [3.63, 3.8) is 0 Å². The molecule has 16 nitrogen and oxygen atoms in total. The van der Waals surface area contributed by atoms with E-state index in [9.17, 15) is 38.4 Å². The Morgan fingerprint density at radius 2 is 0.900 bits per heavy atom. The average Bonchev–Trinajstić information content (AvgIpc) is 2.92. The lowest BCUT2D eigenvalue weighted by atomic mass is 10.2. The van der Waals surface area contributed by atoms with Crippen molar-refractivity contribution in [2.45, 2.75) is 38.9 Å². The second-order valence-electron chi connectivity index (χ2n) is 7.54. The zero-order chi connectivity index (χ0) is 30.5. The number of amides is 2. The number of nitrogens with one attached hydrogen (secondary N) is 2. The fourth-order valence-corrected chi connectivity index (χ4v) is 2.31. The molecule has 0 heterocycles. The van der Waals surface area contributed by atoms with Gasteiger partial charge in [0.1, 0.15) is 38.6 Å². The first-order valence-electron chi connectivity index (χ1n) is 11.8. The molecular formula is C24H32N2O14. The van der Waals surface area contributed by atoms with Crippen molar-refractivity contribution in [1.29, 1.82) is 0 Å². The summed E-state index contributed by atoms with van der Waals surface area (Å²) in [5.41, 5.74) is 0. The first-order chi connectivity index (χ1) is 18.9. The first-order valence-corrected chi connectivity index (χ1v) is 11.8. The Morgan fingerprint density at radius 1 is 0.575 bits per heavy atom. The Morgan fingerprint density at radius 3 is 1.23 bits per heavy atom. The molecule has 0 aliphatic rings. The van der Waals surface area contributed by atoms with Crippen molar-refractivity contribution in [2.24, 2.45) is 0 Å². The van der Waals surface area contributed by atoms with Crippen LogP contribution < -0.4 is 10.6 Å². The van der Waals surface area contributed by atoms with Crippen LogP contribution in [-0.2, 0) is 66.8 Å². The number of hydrogen-bond acceptors (Lipinski definition) is 14.